The number of hydrogen-bond donors (Lipinski definition) is 1. The third-order valence-corrected chi connectivity index (χ3v) is 2.91. The maximum atomic E-state index is 4.51. The highest BCUT2D eigenvalue weighted by Gasteiger charge is 2.03. The number of aromatic nitrogens is 1. The van der Waals surface area contributed by atoms with E-state index < -0.39 is 0 Å². The standard InChI is InChI=1S/C10H12N2S.C2H6/c1-7-12-10-8(6-11-2)4-3-5-9(10)13-7;1-2/h3-5,11H,6H2,1-2H3;1-2H3. The summed E-state index contributed by atoms with van der Waals surface area (Å²) >= 11 is 1.75. The fourth-order valence-corrected chi connectivity index (χ4v) is 2.32. The van der Waals surface area contributed by atoms with Crippen molar-refractivity contribution in [3.63, 3.8) is 0 Å². The van der Waals surface area contributed by atoms with Gasteiger partial charge in [-0.1, -0.05) is 26.0 Å². The Labute approximate surface area is 95.4 Å². The number of hydrogen-bond acceptors (Lipinski definition) is 3. The Hall–Kier alpha value is -0.930. The Bertz CT molecular complexity index is 420. The summed E-state index contributed by atoms with van der Waals surface area (Å²) in [4.78, 5) is 4.51. The molecule has 1 N–H and O–H groups in total. The van der Waals surface area contributed by atoms with Gasteiger partial charge in [0.1, 0.15) is 0 Å². The van der Waals surface area contributed by atoms with Gasteiger partial charge >= 0.3 is 0 Å². The SMILES string of the molecule is CC.CNCc1cccc2sc(C)nc12. The Morgan fingerprint density at radius 1 is 1.33 bits per heavy atom. The van der Waals surface area contributed by atoms with Crippen molar-refractivity contribution in [2.75, 3.05) is 7.05 Å². The summed E-state index contributed by atoms with van der Waals surface area (Å²) in [6.45, 7) is 6.94. The van der Waals surface area contributed by atoms with Crippen LogP contribution < -0.4 is 5.32 Å². The van der Waals surface area contributed by atoms with Crippen LogP contribution in [0.15, 0.2) is 18.2 Å². The monoisotopic (exact) mass is 222 g/mol. The lowest BCUT2D eigenvalue weighted by Gasteiger charge is -1.99. The molecule has 0 bridgehead atoms. The second-order valence-electron chi connectivity index (χ2n) is 3.03. The molecule has 0 saturated carbocycles. The summed E-state index contributed by atoms with van der Waals surface area (Å²) in [7, 11) is 1.96. The van der Waals surface area contributed by atoms with Crippen LogP contribution in [0.3, 0.4) is 0 Å². The molecule has 82 valence electrons. The van der Waals surface area contributed by atoms with Crippen LogP contribution in [0.25, 0.3) is 10.2 Å². The van der Waals surface area contributed by atoms with Gasteiger partial charge in [0.25, 0.3) is 0 Å². The Morgan fingerprint density at radius 3 is 2.73 bits per heavy atom. The van der Waals surface area contributed by atoms with E-state index in [2.05, 4.69) is 28.5 Å². The minimum absolute atomic E-state index is 0.889. The maximum absolute atomic E-state index is 4.51. The molecule has 0 unspecified atom stereocenters. The summed E-state index contributed by atoms with van der Waals surface area (Å²) in [5, 5.41) is 4.29. The number of benzene rings is 1. The van der Waals surface area contributed by atoms with Gasteiger partial charge in [-0.3, -0.25) is 0 Å². The Morgan fingerprint density at radius 2 is 2.07 bits per heavy atom. The van der Waals surface area contributed by atoms with E-state index in [-0.39, 0.29) is 0 Å². The van der Waals surface area contributed by atoms with Crippen molar-refractivity contribution in [2.45, 2.75) is 27.3 Å². The molecular weight excluding hydrogens is 204 g/mol. The summed E-state index contributed by atoms with van der Waals surface area (Å²) < 4.78 is 1.28. The average molecular weight is 222 g/mol. The Balaban J connectivity index is 0.000000531. The second kappa shape index (κ2) is 5.83. The molecule has 15 heavy (non-hydrogen) atoms. The zero-order chi connectivity index (χ0) is 11.3. The first-order valence-electron chi connectivity index (χ1n) is 5.31. The highest BCUT2D eigenvalue weighted by molar-refractivity contribution is 7.18. The van der Waals surface area contributed by atoms with Crippen molar-refractivity contribution in [2.24, 2.45) is 0 Å². The zero-order valence-corrected chi connectivity index (χ0v) is 10.6. The van der Waals surface area contributed by atoms with Crippen LogP contribution in [0.1, 0.15) is 24.4 Å². The largest absolute Gasteiger partial charge is 0.316 e. The van der Waals surface area contributed by atoms with Gasteiger partial charge in [-0.15, -0.1) is 11.3 Å². The van der Waals surface area contributed by atoms with Crippen molar-refractivity contribution in [1.29, 1.82) is 0 Å². The van der Waals surface area contributed by atoms with E-state index in [0.717, 1.165) is 17.1 Å². The van der Waals surface area contributed by atoms with Crippen LogP contribution in [0, 0.1) is 6.92 Å². The summed E-state index contributed by atoms with van der Waals surface area (Å²) in [6, 6.07) is 6.34. The quantitative estimate of drug-likeness (QED) is 0.843. The third-order valence-electron chi connectivity index (χ3n) is 1.98. The van der Waals surface area contributed by atoms with Crippen molar-refractivity contribution < 1.29 is 0 Å². The highest BCUT2D eigenvalue weighted by atomic mass is 32.1. The summed E-state index contributed by atoms with van der Waals surface area (Å²) in [5.41, 5.74) is 2.43. The van der Waals surface area contributed by atoms with E-state index in [1.807, 2.05) is 27.8 Å². The third kappa shape index (κ3) is 2.76. The number of aryl methyl sites for hydroxylation is 1. The van der Waals surface area contributed by atoms with Crippen molar-refractivity contribution >= 4 is 21.6 Å². The van der Waals surface area contributed by atoms with Gasteiger partial charge in [-0.2, -0.15) is 0 Å². The normalized spacial score (nSPS) is 9.87. The van der Waals surface area contributed by atoms with E-state index in [4.69, 9.17) is 0 Å². The molecule has 1 aromatic carbocycles. The maximum Gasteiger partial charge on any atom is 0.0907 e. The fraction of sp³-hybridized carbons (Fsp3) is 0.417. The molecule has 3 heteroatoms. The van der Waals surface area contributed by atoms with Gasteiger partial charge in [-0.05, 0) is 25.6 Å². The first-order valence-corrected chi connectivity index (χ1v) is 6.12. The molecule has 0 radical (unpaired) electrons. The lowest BCUT2D eigenvalue weighted by molar-refractivity contribution is 0.822. The molecule has 0 atom stereocenters. The van der Waals surface area contributed by atoms with E-state index >= 15 is 0 Å². The molecule has 2 aromatic rings. The lowest BCUT2D eigenvalue weighted by Crippen LogP contribution is -2.05. The number of rotatable bonds is 2. The van der Waals surface area contributed by atoms with Crippen LogP contribution in [-0.2, 0) is 6.54 Å². The first-order chi connectivity index (χ1) is 7.31. The molecule has 0 amide bonds. The van der Waals surface area contributed by atoms with Crippen molar-refractivity contribution in [1.82, 2.24) is 10.3 Å². The van der Waals surface area contributed by atoms with Crippen LogP contribution in [0.4, 0.5) is 0 Å². The predicted molar refractivity (Wildman–Crippen MR) is 68.5 cm³/mol. The fourth-order valence-electron chi connectivity index (χ4n) is 1.45. The summed E-state index contributed by atoms with van der Waals surface area (Å²) in [6.07, 6.45) is 0. The molecule has 0 spiro atoms. The number of para-hydroxylation sites is 1. The molecule has 2 rings (SSSR count). The minimum Gasteiger partial charge on any atom is -0.316 e. The van der Waals surface area contributed by atoms with E-state index in [1.54, 1.807) is 11.3 Å². The number of nitrogens with zero attached hydrogens (tertiary/aromatic N) is 1. The number of thiazole rings is 1. The van der Waals surface area contributed by atoms with Crippen LogP contribution in [0.2, 0.25) is 0 Å². The molecule has 0 aliphatic heterocycles. The molecule has 2 nitrogen and oxygen atoms in total. The van der Waals surface area contributed by atoms with Gasteiger partial charge in [0.05, 0.1) is 15.2 Å². The van der Waals surface area contributed by atoms with Crippen LogP contribution >= 0.6 is 11.3 Å². The van der Waals surface area contributed by atoms with Gasteiger partial charge in [0.2, 0.25) is 0 Å². The molecule has 1 heterocycles. The molecular formula is C12H18N2S. The number of fused-ring (bicyclic) bond motifs is 1. The Kier molecular flexibility index (Phi) is 4.72. The van der Waals surface area contributed by atoms with E-state index in [0.29, 0.717) is 0 Å². The van der Waals surface area contributed by atoms with Crippen molar-refractivity contribution in [3.05, 3.63) is 28.8 Å². The smallest absolute Gasteiger partial charge is 0.0907 e. The van der Waals surface area contributed by atoms with Crippen molar-refractivity contribution in [3.8, 4) is 0 Å². The van der Waals surface area contributed by atoms with Crippen LogP contribution in [0.5, 0.6) is 0 Å². The lowest BCUT2D eigenvalue weighted by atomic mass is 10.2. The van der Waals surface area contributed by atoms with E-state index in [9.17, 15) is 0 Å². The minimum atomic E-state index is 0.889. The van der Waals surface area contributed by atoms with E-state index in [1.165, 1.54) is 10.3 Å². The van der Waals surface area contributed by atoms with Gasteiger partial charge in [-0.25, -0.2) is 4.98 Å². The highest BCUT2D eigenvalue weighted by Crippen LogP contribution is 2.24. The molecule has 1 aromatic heterocycles. The molecule has 0 fully saturated rings. The van der Waals surface area contributed by atoms with Gasteiger partial charge < -0.3 is 5.32 Å². The average Bonchev–Trinajstić information content (AvgIpc) is 2.63. The molecule has 0 aliphatic carbocycles. The first kappa shape index (κ1) is 12.1. The number of nitrogens with one attached hydrogen (secondary N) is 1. The van der Waals surface area contributed by atoms with Gasteiger partial charge in [0, 0.05) is 6.54 Å². The van der Waals surface area contributed by atoms with Crippen LogP contribution in [-0.4, -0.2) is 12.0 Å². The summed E-state index contributed by atoms with van der Waals surface area (Å²) in [5.74, 6) is 0. The molecule has 0 saturated heterocycles. The topological polar surface area (TPSA) is 24.9 Å². The van der Waals surface area contributed by atoms with Gasteiger partial charge in [0.15, 0.2) is 0 Å². The molecule has 0 aliphatic rings. The second-order valence-corrected chi connectivity index (χ2v) is 4.26. The predicted octanol–water partition coefficient (Wildman–Crippen LogP) is 3.35. The zero-order valence-electron chi connectivity index (χ0n) is 9.79.